The molecular formula is C17H16FN5O7S. The van der Waals surface area contributed by atoms with E-state index in [4.69, 9.17) is 15.2 Å². The van der Waals surface area contributed by atoms with E-state index in [-0.39, 0.29) is 17.0 Å². The minimum Gasteiger partial charge on any atom is -0.459 e. The number of imidazole rings is 1. The number of esters is 1. The van der Waals surface area contributed by atoms with Gasteiger partial charge >= 0.3 is 16.2 Å². The van der Waals surface area contributed by atoms with E-state index < -0.39 is 52.2 Å². The number of aliphatic hydroxyl groups excluding tert-OH is 2. The molecular weight excluding hydrogens is 437 g/mol. The van der Waals surface area contributed by atoms with Gasteiger partial charge in [0, 0.05) is 0 Å². The Bertz CT molecular complexity index is 1230. The number of hydrogen-bond acceptors (Lipinski definition) is 11. The van der Waals surface area contributed by atoms with Crippen LogP contribution in [0.5, 0.6) is 0 Å². The number of nitrogens with zero attached hydrogens (tertiary/aromatic N) is 4. The Kier molecular flexibility index (Phi) is 5.30. The molecule has 1 aliphatic rings. The van der Waals surface area contributed by atoms with Crippen LogP contribution in [0.1, 0.15) is 16.6 Å². The number of carbonyl (C=O) groups excluding carboxylic acids is 1. The summed E-state index contributed by atoms with van der Waals surface area (Å²) in [7, 11) is -4.89. The highest BCUT2D eigenvalue weighted by molar-refractivity contribution is 7.86. The van der Waals surface area contributed by atoms with Crippen LogP contribution >= 0.6 is 0 Å². The fraction of sp³-hybridized carbons (Fsp3) is 0.294. The maximum atomic E-state index is 12.9. The first-order chi connectivity index (χ1) is 14.7. The van der Waals surface area contributed by atoms with Crippen molar-refractivity contribution < 1.29 is 36.8 Å². The summed E-state index contributed by atoms with van der Waals surface area (Å²) in [5, 5.41) is 20.7. The second-order valence-electron chi connectivity index (χ2n) is 6.69. The zero-order valence-electron chi connectivity index (χ0n) is 15.6. The van der Waals surface area contributed by atoms with Crippen LogP contribution in [0.2, 0.25) is 0 Å². The number of carbonyl (C=O) groups is 1. The van der Waals surface area contributed by atoms with Gasteiger partial charge in [-0.15, -0.1) is 3.89 Å². The van der Waals surface area contributed by atoms with E-state index in [9.17, 15) is 27.3 Å². The lowest BCUT2D eigenvalue weighted by Gasteiger charge is -2.16. The fourth-order valence-corrected chi connectivity index (χ4v) is 3.61. The van der Waals surface area contributed by atoms with Crippen LogP contribution in [0.15, 0.2) is 41.8 Å². The summed E-state index contributed by atoms with van der Waals surface area (Å²) in [6, 6.07) is 4.01. The standard InChI is InChI=1S/C17H16FN5O7S/c18-31(27,28)9-3-1-8(2-4-9)17(26)29-5-10-12(24)13(25)16(30-10)23-7-22-11-14(19)20-6-21-15(11)23/h1-4,6-7,10,12-13,16,24-25H,5H2,(H2,19,20,21)/t10-,12-,13-,16-/m1/s1. The van der Waals surface area contributed by atoms with Crippen LogP contribution in [0.25, 0.3) is 11.2 Å². The maximum absolute atomic E-state index is 12.9. The van der Waals surface area contributed by atoms with Gasteiger partial charge in [-0.05, 0) is 24.3 Å². The SMILES string of the molecule is Nc1ncnc2c1ncn2[C@@H]1O[C@H](COC(=O)c2ccc(S(=O)(=O)F)cc2)[C@@H](O)[C@H]1O. The largest absolute Gasteiger partial charge is 0.459 e. The van der Waals surface area contributed by atoms with Crippen molar-refractivity contribution in [3.63, 3.8) is 0 Å². The van der Waals surface area contributed by atoms with Crippen molar-refractivity contribution in [3.05, 3.63) is 42.5 Å². The lowest BCUT2D eigenvalue weighted by Crippen LogP contribution is -2.34. The van der Waals surface area contributed by atoms with E-state index in [1.165, 1.54) is 17.2 Å². The number of benzene rings is 1. The molecule has 1 saturated heterocycles. The minimum atomic E-state index is -4.89. The highest BCUT2D eigenvalue weighted by atomic mass is 32.3. The van der Waals surface area contributed by atoms with Crippen molar-refractivity contribution in [1.29, 1.82) is 0 Å². The van der Waals surface area contributed by atoms with Gasteiger partial charge in [0.1, 0.15) is 36.8 Å². The number of aliphatic hydroxyl groups is 2. The molecule has 4 atom stereocenters. The molecule has 4 N–H and O–H groups in total. The van der Waals surface area contributed by atoms with Crippen LogP contribution in [0, 0.1) is 0 Å². The number of halogens is 1. The van der Waals surface area contributed by atoms with Crippen molar-refractivity contribution in [1.82, 2.24) is 19.5 Å². The Hall–Kier alpha value is -3.20. The second kappa shape index (κ2) is 7.81. The Balaban J connectivity index is 1.45. The van der Waals surface area contributed by atoms with Crippen LogP contribution < -0.4 is 5.73 Å². The number of ether oxygens (including phenoxy) is 2. The summed E-state index contributed by atoms with van der Waals surface area (Å²) >= 11 is 0. The monoisotopic (exact) mass is 453 g/mol. The summed E-state index contributed by atoms with van der Waals surface area (Å²) in [4.78, 5) is 23.5. The second-order valence-corrected chi connectivity index (χ2v) is 8.04. The van der Waals surface area contributed by atoms with Gasteiger partial charge in [0.2, 0.25) is 0 Å². The maximum Gasteiger partial charge on any atom is 0.338 e. The number of aromatic nitrogens is 4. The van der Waals surface area contributed by atoms with E-state index >= 15 is 0 Å². The van der Waals surface area contributed by atoms with E-state index in [1.54, 1.807) is 0 Å². The number of nitrogens with two attached hydrogens (primary N) is 1. The molecule has 14 heteroatoms. The normalized spacial score (nSPS) is 23.8. The van der Waals surface area contributed by atoms with Crippen LogP contribution in [-0.4, -0.2) is 69.0 Å². The molecule has 0 radical (unpaired) electrons. The Morgan fingerprint density at radius 2 is 1.90 bits per heavy atom. The molecule has 4 rings (SSSR count). The predicted octanol–water partition coefficient (Wildman–Crippen LogP) is -0.457. The molecule has 1 fully saturated rings. The lowest BCUT2D eigenvalue weighted by atomic mass is 10.1. The molecule has 0 aliphatic carbocycles. The molecule has 0 unspecified atom stereocenters. The van der Waals surface area contributed by atoms with Crippen LogP contribution in [0.4, 0.5) is 9.70 Å². The van der Waals surface area contributed by atoms with Gasteiger partial charge in [-0.3, -0.25) is 4.57 Å². The number of rotatable bonds is 5. The fourth-order valence-electron chi connectivity index (χ4n) is 3.15. The molecule has 0 saturated carbocycles. The third-order valence-corrected chi connectivity index (χ3v) is 5.58. The van der Waals surface area contributed by atoms with Crippen molar-refractivity contribution in [3.8, 4) is 0 Å². The molecule has 3 aromatic rings. The van der Waals surface area contributed by atoms with Crippen molar-refractivity contribution in [2.75, 3.05) is 12.3 Å². The van der Waals surface area contributed by atoms with Crippen molar-refractivity contribution in [2.45, 2.75) is 29.4 Å². The zero-order valence-corrected chi connectivity index (χ0v) is 16.4. The van der Waals surface area contributed by atoms with E-state index in [1.807, 2.05) is 0 Å². The quantitative estimate of drug-likeness (QED) is 0.336. The lowest BCUT2D eigenvalue weighted by molar-refractivity contribution is -0.0565. The van der Waals surface area contributed by atoms with Gasteiger partial charge in [-0.1, -0.05) is 0 Å². The number of nitrogen functional groups attached to an aromatic ring is 1. The summed E-state index contributed by atoms with van der Waals surface area (Å²) in [6.45, 7) is -0.416. The van der Waals surface area contributed by atoms with Gasteiger partial charge in [-0.2, -0.15) is 8.42 Å². The van der Waals surface area contributed by atoms with E-state index in [0.717, 1.165) is 24.3 Å². The van der Waals surface area contributed by atoms with Crippen molar-refractivity contribution >= 4 is 33.2 Å². The molecule has 31 heavy (non-hydrogen) atoms. The van der Waals surface area contributed by atoms with Crippen LogP contribution in [-0.2, 0) is 19.7 Å². The van der Waals surface area contributed by atoms with Gasteiger partial charge in [0.05, 0.1) is 16.8 Å². The summed E-state index contributed by atoms with van der Waals surface area (Å²) < 4.78 is 46.7. The minimum absolute atomic E-state index is 0.0373. The van der Waals surface area contributed by atoms with Crippen LogP contribution in [0.3, 0.4) is 0 Å². The van der Waals surface area contributed by atoms with E-state index in [2.05, 4.69) is 15.0 Å². The molecule has 1 aromatic carbocycles. The van der Waals surface area contributed by atoms with Crippen molar-refractivity contribution in [2.24, 2.45) is 0 Å². The van der Waals surface area contributed by atoms with Gasteiger partial charge in [-0.25, -0.2) is 19.7 Å². The molecule has 2 aromatic heterocycles. The van der Waals surface area contributed by atoms with Gasteiger partial charge in [0.25, 0.3) is 0 Å². The van der Waals surface area contributed by atoms with Gasteiger partial charge < -0.3 is 25.4 Å². The molecule has 164 valence electrons. The molecule has 1 aliphatic heterocycles. The van der Waals surface area contributed by atoms with E-state index in [0.29, 0.717) is 5.52 Å². The van der Waals surface area contributed by atoms with Gasteiger partial charge in [0.15, 0.2) is 17.7 Å². The molecule has 0 amide bonds. The Labute approximate surface area is 174 Å². The molecule has 0 spiro atoms. The highest BCUT2D eigenvalue weighted by Crippen LogP contribution is 2.32. The summed E-state index contributed by atoms with van der Waals surface area (Å²) in [5.41, 5.74) is 6.27. The number of hydrogen-bond donors (Lipinski definition) is 3. The summed E-state index contributed by atoms with van der Waals surface area (Å²) in [6.07, 6.45) is -2.39. The predicted molar refractivity (Wildman–Crippen MR) is 101 cm³/mol. The third-order valence-electron chi connectivity index (χ3n) is 4.75. The average Bonchev–Trinajstić information content (AvgIpc) is 3.28. The topological polar surface area (TPSA) is 180 Å². The highest BCUT2D eigenvalue weighted by Gasteiger charge is 2.45. The first kappa shape index (κ1) is 21.0. The Morgan fingerprint density at radius 3 is 2.58 bits per heavy atom. The molecule has 0 bridgehead atoms. The first-order valence-corrected chi connectivity index (χ1v) is 10.2. The molecule has 12 nitrogen and oxygen atoms in total. The Morgan fingerprint density at radius 1 is 1.19 bits per heavy atom. The number of fused-ring (bicyclic) bond motifs is 1. The smallest absolute Gasteiger partial charge is 0.338 e. The first-order valence-electron chi connectivity index (χ1n) is 8.83. The summed E-state index contributed by atoms with van der Waals surface area (Å²) in [5.74, 6) is -0.723. The third kappa shape index (κ3) is 3.93. The number of anilines is 1. The zero-order chi connectivity index (χ0) is 22.3. The average molecular weight is 453 g/mol. The molecule has 3 heterocycles.